The molecule has 0 N–H and O–H groups in total. The van der Waals surface area contributed by atoms with Crippen molar-refractivity contribution in [3.05, 3.63) is 42.0 Å². The summed E-state index contributed by atoms with van der Waals surface area (Å²) in [7, 11) is 3.69. The van der Waals surface area contributed by atoms with Gasteiger partial charge in [-0.1, -0.05) is 0 Å². The SMILES string of the molecule is CO[C@@H]1C[C@@H](c2nncn2C)N(c2ccc(C#N)cc2)C1. The van der Waals surface area contributed by atoms with Crippen molar-refractivity contribution in [1.82, 2.24) is 14.8 Å². The molecule has 0 radical (unpaired) electrons. The fraction of sp³-hybridized carbons (Fsp3) is 0.400. The predicted molar refractivity (Wildman–Crippen MR) is 77.7 cm³/mol. The second-order valence-electron chi connectivity index (χ2n) is 5.22. The molecular formula is C15H17N5O. The zero-order valence-electron chi connectivity index (χ0n) is 12.1. The van der Waals surface area contributed by atoms with Crippen LogP contribution in [0.2, 0.25) is 0 Å². The summed E-state index contributed by atoms with van der Waals surface area (Å²) in [6.07, 6.45) is 2.76. The third kappa shape index (κ3) is 2.48. The summed E-state index contributed by atoms with van der Waals surface area (Å²) in [5.74, 6) is 0.930. The van der Waals surface area contributed by atoms with Gasteiger partial charge in [-0.05, 0) is 24.3 Å². The molecule has 108 valence electrons. The van der Waals surface area contributed by atoms with Crippen molar-refractivity contribution >= 4 is 5.69 Å². The van der Waals surface area contributed by atoms with Gasteiger partial charge in [-0.2, -0.15) is 5.26 Å². The molecule has 2 aromatic rings. The lowest BCUT2D eigenvalue weighted by molar-refractivity contribution is 0.118. The van der Waals surface area contributed by atoms with E-state index in [9.17, 15) is 0 Å². The highest BCUT2D eigenvalue weighted by atomic mass is 16.5. The average Bonchev–Trinajstić information content (AvgIpc) is 3.13. The topological polar surface area (TPSA) is 67.0 Å². The molecule has 0 bridgehead atoms. The maximum absolute atomic E-state index is 8.91. The molecular weight excluding hydrogens is 266 g/mol. The average molecular weight is 283 g/mol. The molecule has 0 amide bonds. The Kier molecular flexibility index (Phi) is 3.59. The maximum Gasteiger partial charge on any atom is 0.155 e. The van der Waals surface area contributed by atoms with E-state index in [4.69, 9.17) is 10.00 Å². The number of anilines is 1. The molecule has 6 nitrogen and oxygen atoms in total. The van der Waals surface area contributed by atoms with Crippen LogP contribution >= 0.6 is 0 Å². The van der Waals surface area contributed by atoms with E-state index in [2.05, 4.69) is 21.2 Å². The monoisotopic (exact) mass is 283 g/mol. The standard InChI is InChI=1S/C15H17N5O/c1-19-10-17-18-15(19)14-7-13(21-2)9-20(14)12-5-3-11(8-16)4-6-12/h3-6,10,13-14H,7,9H2,1-2H3/t13-,14+/m1/s1. The van der Waals surface area contributed by atoms with Crippen LogP contribution in [0.4, 0.5) is 5.69 Å². The van der Waals surface area contributed by atoms with Gasteiger partial charge in [-0.15, -0.1) is 10.2 Å². The van der Waals surface area contributed by atoms with Crippen molar-refractivity contribution in [1.29, 1.82) is 5.26 Å². The van der Waals surface area contributed by atoms with Crippen molar-refractivity contribution in [3.63, 3.8) is 0 Å². The van der Waals surface area contributed by atoms with E-state index >= 15 is 0 Å². The first-order valence-corrected chi connectivity index (χ1v) is 6.86. The fourth-order valence-electron chi connectivity index (χ4n) is 2.82. The minimum Gasteiger partial charge on any atom is -0.380 e. The summed E-state index contributed by atoms with van der Waals surface area (Å²) < 4.78 is 7.47. The Morgan fingerprint density at radius 1 is 1.33 bits per heavy atom. The molecule has 0 saturated carbocycles. The minimum atomic E-state index is 0.135. The van der Waals surface area contributed by atoms with Gasteiger partial charge in [0, 0.05) is 32.8 Å². The summed E-state index contributed by atoms with van der Waals surface area (Å²) >= 11 is 0. The molecule has 3 rings (SSSR count). The van der Waals surface area contributed by atoms with Crippen molar-refractivity contribution < 1.29 is 4.74 Å². The van der Waals surface area contributed by atoms with Crippen molar-refractivity contribution in [2.75, 3.05) is 18.6 Å². The van der Waals surface area contributed by atoms with Crippen molar-refractivity contribution in [2.45, 2.75) is 18.6 Å². The molecule has 1 aromatic heterocycles. The van der Waals surface area contributed by atoms with Gasteiger partial charge in [0.05, 0.1) is 23.8 Å². The van der Waals surface area contributed by atoms with E-state index in [1.165, 1.54) is 0 Å². The van der Waals surface area contributed by atoms with Gasteiger partial charge in [0.25, 0.3) is 0 Å². The number of ether oxygens (including phenoxy) is 1. The van der Waals surface area contributed by atoms with Gasteiger partial charge in [-0.3, -0.25) is 0 Å². The second-order valence-corrected chi connectivity index (χ2v) is 5.22. The van der Waals surface area contributed by atoms with Crippen LogP contribution < -0.4 is 4.90 Å². The molecule has 2 heterocycles. The Morgan fingerprint density at radius 3 is 2.67 bits per heavy atom. The molecule has 1 aliphatic rings. The number of nitrogens with zero attached hydrogens (tertiary/aromatic N) is 5. The molecule has 1 fully saturated rings. The molecule has 0 spiro atoms. The van der Waals surface area contributed by atoms with Crippen LogP contribution in [-0.2, 0) is 11.8 Å². The smallest absolute Gasteiger partial charge is 0.155 e. The predicted octanol–water partition coefficient (Wildman–Crippen LogP) is 1.65. The lowest BCUT2D eigenvalue weighted by Gasteiger charge is -2.25. The van der Waals surface area contributed by atoms with Gasteiger partial charge >= 0.3 is 0 Å². The lowest BCUT2D eigenvalue weighted by Crippen LogP contribution is -2.26. The Balaban J connectivity index is 1.93. The van der Waals surface area contributed by atoms with E-state index in [1.54, 1.807) is 13.4 Å². The fourth-order valence-corrected chi connectivity index (χ4v) is 2.82. The van der Waals surface area contributed by atoms with Crippen molar-refractivity contribution in [3.8, 4) is 6.07 Å². The zero-order valence-corrected chi connectivity index (χ0v) is 12.1. The zero-order chi connectivity index (χ0) is 14.8. The van der Waals surface area contributed by atoms with Crippen LogP contribution in [0.25, 0.3) is 0 Å². The Hall–Kier alpha value is -2.39. The van der Waals surface area contributed by atoms with E-state index in [1.807, 2.05) is 35.9 Å². The number of aryl methyl sites for hydroxylation is 1. The van der Waals surface area contributed by atoms with Gasteiger partial charge < -0.3 is 14.2 Å². The first kappa shape index (κ1) is 13.6. The number of hydrogen-bond acceptors (Lipinski definition) is 5. The summed E-state index contributed by atoms with van der Waals surface area (Å²) in [6, 6.07) is 9.89. The van der Waals surface area contributed by atoms with E-state index in [0.29, 0.717) is 5.56 Å². The summed E-state index contributed by atoms with van der Waals surface area (Å²) in [6.45, 7) is 0.805. The molecule has 0 aliphatic carbocycles. The molecule has 2 atom stereocenters. The van der Waals surface area contributed by atoms with Gasteiger partial charge in [0.15, 0.2) is 5.82 Å². The Labute approximate surface area is 123 Å². The number of nitriles is 1. The van der Waals surface area contributed by atoms with Gasteiger partial charge in [-0.25, -0.2) is 0 Å². The van der Waals surface area contributed by atoms with Crippen molar-refractivity contribution in [2.24, 2.45) is 7.05 Å². The second kappa shape index (κ2) is 5.54. The molecule has 0 unspecified atom stereocenters. The Bertz CT molecular complexity index is 657. The van der Waals surface area contributed by atoms with E-state index in [-0.39, 0.29) is 12.1 Å². The summed E-state index contributed by atoms with van der Waals surface area (Å²) in [5.41, 5.74) is 1.73. The number of hydrogen-bond donors (Lipinski definition) is 0. The van der Waals surface area contributed by atoms with Crippen LogP contribution in [0.5, 0.6) is 0 Å². The molecule has 1 aromatic carbocycles. The van der Waals surface area contributed by atoms with Crippen LogP contribution in [0.15, 0.2) is 30.6 Å². The maximum atomic E-state index is 8.91. The van der Waals surface area contributed by atoms with Gasteiger partial charge in [0.1, 0.15) is 6.33 Å². The highest BCUT2D eigenvalue weighted by Crippen LogP contribution is 2.36. The largest absolute Gasteiger partial charge is 0.380 e. The van der Waals surface area contributed by atoms with Gasteiger partial charge in [0.2, 0.25) is 0 Å². The molecule has 6 heteroatoms. The Morgan fingerprint density at radius 2 is 2.10 bits per heavy atom. The quantitative estimate of drug-likeness (QED) is 0.857. The highest BCUT2D eigenvalue weighted by Gasteiger charge is 2.35. The normalized spacial score (nSPS) is 21.5. The molecule has 1 aliphatic heterocycles. The number of aromatic nitrogens is 3. The molecule has 1 saturated heterocycles. The first-order chi connectivity index (χ1) is 10.2. The first-order valence-electron chi connectivity index (χ1n) is 6.86. The summed E-state index contributed by atoms with van der Waals surface area (Å²) in [4.78, 5) is 2.26. The van der Waals surface area contributed by atoms with Crippen LogP contribution in [0.3, 0.4) is 0 Å². The number of methoxy groups -OCH3 is 1. The van der Waals surface area contributed by atoms with Crippen LogP contribution in [-0.4, -0.2) is 34.5 Å². The van der Waals surface area contributed by atoms with Crippen LogP contribution in [0, 0.1) is 11.3 Å². The van der Waals surface area contributed by atoms with E-state index in [0.717, 1.165) is 24.5 Å². The highest BCUT2D eigenvalue weighted by molar-refractivity contribution is 5.52. The number of benzene rings is 1. The third-order valence-corrected chi connectivity index (χ3v) is 3.97. The van der Waals surface area contributed by atoms with Crippen LogP contribution in [0.1, 0.15) is 23.9 Å². The lowest BCUT2D eigenvalue weighted by atomic mass is 10.1. The summed E-state index contributed by atoms with van der Waals surface area (Å²) in [5, 5.41) is 17.1. The minimum absolute atomic E-state index is 0.135. The number of rotatable bonds is 3. The molecule has 21 heavy (non-hydrogen) atoms. The van der Waals surface area contributed by atoms with E-state index < -0.39 is 0 Å². The third-order valence-electron chi connectivity index (χ3n) is 3.97.